The zero-order valence-corrected chi connectivity index (χ0v) is 11.5. The van der Waals surface area contributed by atoms with Gasteiger partial charge in [-0.05, 0) is 33.6 Å². The SMILES string of the molecule is Cc1nc(NC(C)(C)CN)cc(N2CCCC2)n1. The first-order chi connectivity index (χ1) is 8.50. The summed E-state index contributed by atoms with van der Waals surface area (Å²) in [6, 6.07) is 2.02. The lowest BCUT2D eigenvalue weighted by Crippen LogP contribution is -2.39. The maximum atomic E-state index is 5.74. The highest BCUT2D eigenvalue weighted by atomic mass is 15.2. The fourth-order valence-electron chi connectivity index (χ4n) is 2.12. The van der Waals surface area contributed by atoms with E-state index in [1.807, 2.05) is 13.0 Å². The summed E-state index contributed by atoms with van der Waals surface area (Å²) in [6.45, 7) is 8.82. The molecule has 1 aliphatic heterocycles. The lowest BCUT2D eigenvalue weighted by molar-refractivity contribution is 0.576. The molecule has 5 nitrogen and oxygen atoms in total. The van der Waals surface area contributed by atoms with E-state index in [4.69, 9.17) is 5.73 Å². The van der Waals surface area contributed by atoms with Crippen LogP contribution in [0, 0.1) is 6.92 Å². The number of aromatic nitrogens is 2. The molecule has 3 N–H and O–H groups in total. The molecule has 1 aromatic heterocycles. The van der Waals surface area contributed by atoms with Gasteiger partial charge in [0.25, 0.3) is 0 Å². The van der Waals surface area contributed by atoms with E-state index in [2.05, 4.69) is 34.0 Å². The largest absolute Gasteiger partial charge is 0.364 e. The number of aryl methyl sites for hydroxylation is 1. The minimum absolute atomic E-state index is 0.150. The lowest BCUT2D eigenvalue weighted by Gasteiger charge is -2.26. The smallest absolute Gasteiger partial charge is 0.134 e. The van der Waals surface area contributed by atoms with Crippen molar-refractivity contribution in [3.63, 3.8) is 0 Å². The van der Waals surface area contributed by atoms with Gasteiger partial charge in [0.2, 0.25) is 0 Å². The molecule has 1 saturated heterocycles. The molecule has 18 heavy (non-hydrogen) atoms. The van der Waals surface area contributed by atoms with Crippen LogP contribution in [0.15, 0.2) is 6.07 Å². The highest BCUT2D eigenvalue weighted by molar-refractivity contribution is 5.51. The van der Waals surface area contributed by atoms with Crippen molar-refractivity contribution in [1.29, 1.82) is 0 Å². The van der Waals surface area contributed by atoms with Crippen LogP contribution in [-0.4, -0.2) is 35.1 Å². The number of nitrogens with zero attached hydrogens (tertiary/aromatic N) is 3. The Morgan fingerprint density at radius 3 is 2.61 bits per heavy atom. The second kappa shape index (κ2) is 5.10. The quantitative estimate of drug-likeness (QED) is 0.847. The molecule has 0 unspecified atom stereocenters. The fraction of sp³-hybridized carbons (Fsp3) is 0.692. The standard InChI is InChI=1S/C13H23N5/c1-10-15-11(17-13(2,3)9-14)8-12(16-10)18-6-4-5-7-18/h8H,4-7,9,14H2,1-3H3,(H,15,16,17). The minimum Gasteiger partial charge on any atom is -0.364 e. The highest BCUT2D eigenvalue weighted by Crippen LogP contribution is 2.22. The summed E-state index contributed by atoms with van der Waals surface area (Å²) in [7, 11) is 0. The van der Waals surface area contributed by atoms with Crippen LogP contribution in [0.4, 0.5) is 11.6 Å². The molecule has 0 radical (unpaired) electrons. The van der Waals surface area contributed by atoms with Crippen molar-refractivity contribution in [3.05, 3.63) is 11.9 Å². The summed E-state index contributed by atoms with van der Waals surface area (Å²) >= 11 is 0. The Kier molecular flexibility index (Phi) is 3.71. The van der Waals surface area contributed by atoms with Gasteiger partial charge in [0.15, 0.2) is 0 Å². The molecule has 1 fully saturated rings. The summed E-state index contributed by atoms with van der Waals surface area (Å²) in [5.74, 6) is 2.69. The van der Waals surface area contributed by atoms with E-state index in [9.17, 15) is 0 Å². The van der Waals surface area contributed by atoms with Gasteiger partial charge in [0.05, 0.1) is 0 Å². The van der Waals surface area contributed by atoms with Crippen molar-refractivity contribution in [2.75, 3.05) is 29.9 Å². The Morgan fingerprint density at radius 1 is 1.33 bits per heavy atom. The van der Waals surface area contributed by atoms with Gasteiger partial charge in [-0.2, -0.15) is 0 Å². The van der Waals surface area contributed by atoms with Crippen LogP contribution < -0.4 is 16.0 Å². The van der Waals surface area contributed by atoms with Crippen molar-refractivity contribution >= 4 is 11.6 Å². The van der Waals surface area contributed by atoms with Crippen molar-refractivity contribution in [2.45, 2.75) is 39.2 Å². The number of hydrogen-bond donors (Lipinski definition) is 2. The molecule has 1 aromatic rings. The van der Waals surface area contributed by atoms with E-state index in [0.29, 0.717) is 6.54 Å². The van der Waals surface area contributed by atoms with Crippen LogP contribution in [0.1, 0.15) is 32.5 Å². The van der Waals surface area contributed by atoms with E-state index >= 15 is 0 Å². The van der Waals surface area contributed by atoms with E-state index in [1.54, 1.807) is 0 Å². The summed E-state index contributed by atoms with van der Waals surface area (Å²) in [4.78, 5) is 11.3. The average molecular weight is 249 g/mol. The normalized spacial score (nSPS) is 16.1. The summed E-state index contributed by atoms with van der Waals surface area (Å²) in [5.41, 5.74) is 5.59. The molecule has 0 aromatic carbocycles. The Labute approximate surface area is 109 Å². The lowest BCUT2D eigenvalue weighted by atomic mass is 10.1. The number of anilines is 2. The Balaban J connectivity index is 2.20. The van der Waals surface area contributed by atoms with Crippen molar-refractivity contribution in [1.82, 2.24) is 9.97 Å². The van der Waals surface area contributed by atoms with Gasteiger partial charge in [-0.25, -0.2) is 9.97 Å². The molecule has 0 saturated carbocycles. The van der Waals surface area contributed by atoms with E-state index in [1.165, 1.54) is 12.8 Å². The van der Waals surface area contributed by atoms with Gasteiger partial charge < -0.3 is 16.0 Å². The molecule has 100 valence electrons. The first-order valence-electron chi connectivity index (χ1n) is 6.59. The number of rotatable bonds is 4. The molecular formula is C13H23N5. The summed E-state index contributed by atoms with van der Waals surface area (Å²) < 4.78 is 0. The number of nitrogens with two attached hydrogens (primary N) is 1. The topological polar surface area (TPSA) is 67.1 Å². The summed E-state index contributed by atoms with van der Waals surface area (Å²) in [6.07, 6.45) is 2.50. The molecule has 5 heteroatoms. The van der Waals surface area contributed by atoms with Gasteiger partial charge in [0, 0.05) is 31.2 Å². The van der Waals surface area contributed by atoms with Crippen LogP contribution in [0.25, 0.3) is 0 Å². The number of nitrogens with one attached hydrogen (secondary N) is 1. The molecule has 0 bridgehead atoms. The monoisotopic (exact) mass is 249 g/mol. The van der Waals surface area contributed by atoms with Crippen molar-refractivity contribution in [3.8, 4) is 0 Å². The van der Waals surface area contributed by atoms with Crippen LogP contribution in [0.5, 0.6) is 0 Å². The van der Waals surface area contributed by atoms with Gasteiger partial charge in [-0.15, -0.1) is 0 Å². The Hall–Kier alpha value is -1.36. The zero-order valence-electron chi connectivity index (χ0n) is 11.5. The molecule has 0 atom stereocenters. The van der Waals surface area contributed by atoms with Gasteiger partial charge in [-0.3, -0.25) is 0 Å². The Morgan fingerprint density at radius 2 is 2.00 bits per heavy atom. The van der Waals surface area contributed by atoms with Gasteiger partial charge in [0.1, 0.15) is 17.5 Å². The molecule has 0 aliphatic carbocycles. The van der Waals surface area contributed by atoms with Crippen LogP contribution in [0.2, 0.25) is 0 Å². The first kappa shape index (κ1) is 13.1. The molecule has 0 spiro atoms. The Bertz CT molecular complexity index is 410. The average Bonchev–Trinajstić information content (AvgIpc) is 2.81. The van der Waals surface area contributed by atoms with Crippen LogP contribution >= 0.6 is 0 Å². The third kappa shape index (κ3) is 3.10. The van der Waals surface area contributed by atoms with Gasteiger partial charge in [-0.1, -0.05) is 0 Å². The maximum absolute atomic E-state index is 5.74. The first-order valence-corrected chi connectivity index (χ1v) is 6.59. The summed E-state index contributed by atoms with van der Waals surface area (Å²) in [5, 5.41) is 3.37. The van der Waals surface area contributed by atoms with Crippen LogP contribution in [-0.2, 0) is 0 Å². The van der Waals surface area contributed by atoms with E-state index in [-0.39, 0.29) is 5.54 Å². The third-order valence-electron chi connectivity index (χ3n) is 3.23. The zero-order chi connectivity index (χ0) is 13.2. The van der Waals surface area contributed by atoms with E-state index in [0.717, 1.165) is 30.5 Å². The molecule has 2 rings (SSSR count). The minimum atomic E-state index is -0.150. The molecule has 1 aliphatic rings. The molecule has 0 amide bonds. The number of hydrogen-bond acceptors (Lipinski definition) is 5. The van der Waals surface area contributed by atoms with Crippen molar-refractivity contribution in [2.24, 2.45) is 5.73 Å². The highest BCUT2D eigenvalue weighted by Gasteiger charge is 2.18. The predicted octanol–water partition coefficient (Wildman–Crippen LogP) is 1.53. The second-order valence-electron chi connectivity index (χ2n) is 5.57. The van der Waals surface area contributed by atoms with E-state index < -0.39 is 0 Å². The molecule has 2 heterocycles. The van der Waals surface area contributed by atoms with Crippen LogP contribution in [0.3, 0.4) is 0 Å². The maximum Gasteiger partial charge on any atom is 0.134 e. The van der Waals surface area contributed by atoms with Crippen molar-refractivity contribution < 1.29 is 0 Å². The predicted molar refractivity (Wildman–Crippen MR) is 75.0 cm³/mol. The van der Waals surface area contributed by atoms with Gasteiger partial charge >= 0.3 is 0 Å². The fourth-order valence-corrected chi connectivity index (χ4v) is 2.12. The second-order valence-corrected chi connectivity index (χ2v) is 5.57. The molecular weight excluding hydrogens is 226 g/mol. The third-order valence-corrected chi connectivity index (χ3v) is 3.23.